The normalized spacial score (nSPS) is 11.0. The van der Waals surface area contributed by atoms with Crippen molar-refractivity contribution in [2.45, 2.75) is 11.4 Å². The third-order valence-corrected chi connectivity index (χ3v) is 6.40. The van der Waals surface area contributed by atoms with E-state index in [4.69, 9.17) is 16.3 Å². The van der Waals surface area contributed by atoms with Gasteiger partial charge in [-0.2, -0.15) is 0 Å². The van der Waals surface area contributed by atoms with Crippen LogP contribution in [0.1, 0.15) is 5.56 Å². The van der Waals surface area contributed by atoms with E-state index in [0.29, 0.717) is 16.5 Å². The van der Waals surface area contributed by atoms with Crippen LogP contribution >= 0.6 is 11.6 Å². The molecule has 6 nitrogen and oxygen atoms in total. The second-order valence-corrected chi connectivity index (χ2v) is 8.73. The van der Waals surface area contributed by atoms with Crippen LogP contribution in [0.2, 0.25) is 5.02 Å². The fourth-order valence-electron chi connectivity index (χ4n) is 2.79. The van der Waals surface area contributed by atoms with Crippen LogP contribution in [-0.4, -0.2) is 28.0 Å². The highest BCUT2D eigenvalue weighted by molar-refractivity contribution is 7.92. The van der Waals surface area contributed by atoms with E-state index in [1.807, 2.05) is 0 Å². The minimum Gasteiger partial charge on any atom is -0.497 e. The summed E-state index contributed by atoms with van der Waals surface area (Å²) in [6.45, 7) is -0.120. The van der Waals surface area contributed by atoms with Gasteiger partial charge in [0.25, 0.3) is 10.0 Å². The molecule has 0 saturated heterocycles. The van der Waals surface area contributed by atoms with Gasteiger partial charge in [-0.3, -0.25) is 9.10 Å². The highest BCUT2D eigenvalue weighted by Crippen LogP contribution is 2.26. The van der Waals surface area contributed by atoms with E-state index in [9.17, 15) is 13.2 Å². The van der Waals surface area contributed by atoms with Gasteiger partial charge in [-0.1, -0.05) is 48.0 Å². The molecule has 0 saturated carbocycles. The number of sulfonamides is 1. The average Bonchev–Trinajstić information content (AvgIpc) is 2.77. The van der Waals surface area contributed by atoms with Crippen molar-refractivity contribution in [3.8, 4) is 5.75 Å². The minimum atomic E-state index is -3.96. The second-order valence-electron chi connectivity index (χ2n) is 6.43. The van der Waals surface area contributed by atoms with Crippen molar-refractivity contribution in [2.24, 2.45) is 0 Å². The Balaban J connectivity index is 1.85. The number of hydrogen-bond donors (Lipinski definition) is 1. The number of nitrogens with zero attached hydrogens (tertiary/aromatic N) is 1. The first-order valence-electron chi connectivity index (χ1n) is 9.13. The van der Waals surface area contributed by atoms with Crippen LogP contribution in [0.3, 0.4) is 0 Å². The molecule has 0 spiro atoms. The zero-order valence-electron chi connectivity index (χ0n) is 16.3. The number of carbonyl (C=O) groups is 1. The smallest absolute Gasteiger partial charge is 0.264 e. The lowest BCUT2D eigenvalue weighted by Crippen LogP contribution is -2.40. The Morgan fingerprint density at radius 3 is 2.37 bits per heavy atom. The Kier molecular flexibility index (Phi) is 6.97. The molecule has 0 heterocycles. The monoisotopic (exact) mass is 444 g/mol. The molecule has 30 heavy (non-hydrogen) atoms. The fourth-order valence-corrected chi connectivity index (χ4v) is 4.35. The number of anilines is 1. The lowest BCUT2D eigenvalue weighted by molar-refractivity contribution is -0.119. The van der Waals surface area contributed by atoms with Gasteiger partial charge in [0.1, 0.15) is 12.3 Å². The summed E-state index contributed by atoms with van der Waals surface area (Å²) in [5.41, 5.74) is 1.19. The topological polar surface area (TPSA) is 75.7 Å². The van der Waals surface area contributed by atoms with E-state index in [2.05, 4.69) is 5.32 Å². The predicted molar refractivity (Wildman–Crippen MR) is 117 cm³/mol. The number of methoxy groups -OCH3 is 1. The number of rotatable bonds is 8. The number of amides is 1. The summed E-state index contributed by atoms with van der Waals surface area (Å²) >= 11 is 5.87. The summed E-state index contributed by atoms with van der Waals surface area (Å²) < 4.78 is 32.8. The Morgan fingerprint density at radius 2 is 1.70 bits per heavy atom. The molecule has 0 radical (unpaired) electrons. The molecule has 0 aromatic heterocycles. The van der Waals surface area contributed by atoms with E-state index >= 15 is 0 Å². The van der Waals surface area contributed by atoms with Crippen LogP contribution in [0.5, 0.6) is 5.75 Å². The van der Waals surface area contributed by atoms with Crippen LogP contribution in [0.4, 0.5) is 5.69 Å². The summed E-state index contributed by atoms with van der Waals surface area (Å²) in [5, 5.41) is 3.35. The van der Waals surface area contributed by atoms with E-state index < -0.39 is 15.9 Å². The second kappa shape index (κ2) is 9.65. The maximum atomic E-state index is 13.3. The maximum Gasteiger partial charge on any atom is 0.264 e. The van der Waals surface area contributed by atoms with Crippen molar-refractivity contribution in [3.63, 3.8) is 0 Å². The Bertz CT molecular complexity index is 1100. The third kappa shape index (κ3) is 5.31. The van der Waals surface area contributed by atoms with Crippen LogP contribution in [-0.2, 0) is 21.4 Å². The van der Waals surface area contributed by atoms with Crippen molar-refractivity contribution in [2.75, 3.05) is 18.0 Å². The summed E-state index contributed by atoms with van der Waals surface area (Å²) in [6.07, 6.45) is 0. The highest BCUT2D eigenvalue weighted by Gasteiger charge is 2.27. The predicted octanol–water partition coefficient (Wildman–Crippen LogP) is 3.86. The Labute approximate surface area is 181 Å². The number of benzene rings is 3. The summed E-state index contributed by atoms with van der Waals surface area (Å²) in [5.74, 6) is 0.0506. The van der Waals surface area contributed by atoms with Crippen molar-refractivity contribution in [1.29, 1.82) is 0 Å². The zero-order chi connectivity index (χ0) is 21.6. The van der Waals surface area contributed by atoms with Crippen LogP contribution in [0.25, 0.3) is 0 Å². The van der Waals surface area contributed by atoms with Crippen LogP contribution in [0, 0.1) is 0 Å². The standard InChI is InChI=1S/C22H21ClN2O4S/c1-29-20-7-5-6-19(14-20)25(30(27,28)21-8-3-2-4-9-21)16-22(26)24-15-17-10-12-18(23)13-11-17/h2-14H,15-16H2,1H3,(H,24,26). The largest absolute Gasteiger partial charge is 0.497 e. The zero-order valence-corrected chi connectivity index (χ0v) is 17.9. The third-order valence-electron chi connectivity index (χ3n) is 4.36. The maximum absolute atomic E-state index is 13.3. The first kappa shape index (κ1) is 21.7. The van der Waals surface area contributed by atoms with E-state index in [1.165, 1.54) is 19.2 Å². The molecule has 8 heteroatoms. The molecular formula is C22H21ClN2O4S. The first-order valence-corrected chi connectivity index (χ1v) is 10.9. The lowest BCUT2D eigenvalue weighted by atomic mass is 10.2. The summed E-state index contributed by atoms with van der Waals surface area (Å²) in [7, 11) is -2.47. The first-order chi connectivity index (χ1) is 14.4. The minimum absolute atomic E-state index is 0.0957. The SMILES string of the molecule is COc1cccc(N(CC(=O)NCc2ccc(Cl)cc2)S(=O)(=O)c2ccccc2)c1. The molecule has 3 aromatic carbocycles. The Morgan fingerprint density at radius 1 is 1.00 bits per heavy atom. The van der Waals surface area contributed by atoms with Crippen molar-refractivity contribution in [3.05, 3.63) is 89.4 Å². The van der Waals surface area contributed by atoms with Gasteiger partial charge in [-0.15, -0.1) is 0 Å². The van der Waals surface area contributed by atoms with Gasteiger partial charge in [0.05, 0.1) is 17.7 Å². The number of halogens is 1. The van der Waals surface area contributed by atoms with E-state index in [0.717, 1.165) is 9.87 Å². The van der Waals surface area contributed by atoms with Crippen molar-refractivity contribution >= 4 is 33.2 Å². The molecule has 3 rings (SSSR count). The van der Waals surface area contributed by atoms with Gasteiger partial charge in [0, 0.05) is 17.6 Å². The molecule has 1 N–H and O–H groups in total. The number of hydrogen-bond acceptors (Lipinski definition) is 4. The van der Waals surface area contributed by atoms with Gasteiger partial charge in [-0.05, 0) is 42.0 Å². The van der Waals surface area contributed by atoms with Gasteiger partial charge in [-0.25, -0.2) is 8.42 Å². The molecule has 3 aromatic rings. The molecule has 0 fully saturated rings. The average molecular weight is 445 g/mol. The molecule has 0 unspecified atom stereocenters. The molecule has 0 aliphatic rings. The van der Waals surface area contributed by atoms with Gasteiger partial charge in [0.2, 0.25) is 5.91 Å². The van der Waals surface area contributed by atoms with Crippen molar-refractivity contribution in [1.82, 2.24) is 5.32 Å². The van der Waals surface area contributed by atoms with E-state index in [-0.39, 0.29) is 18.0 Å². The van der Waals surface area contributed by atoms with Crippen LogP contribution in [0.15, 0.2) is 83.8 Å². The van der Waals surface area contributed by atoms with Gasteiger partial charge >= 0.3 is 0 Å². The molecule has 0 bridgehead atoms. The summed E-state index contributed by atoms with van der Waals surface area (Å²) in [4.78, 5) is 12.7. The van der Waals surface area contributed by atoms with Crippen molar-refractivity contribution < 1.29 is 17.9 Å². The molecule has 156 valence electrons. The van der Waals surface area contributed by atoms with Crippen LogP contribution < -0.4 is 14.4 Å². The molecule has 0 aliphatic carbocycles. The number of nitrogens with one attached hydrogen (secondary N) is 1. The Hall–Kier alpha value is -3.03. The number of ether oxygens (including phenoxy) is 1. The number of carbonyl (C=O) groups excluding carboxylic acids is 1. The fraction of sp³-hybridized carbons (Fsp3) is 0.136. The molecular weight excluding hydrogens is 424 g/mol. The van der Waals surface area contributed by atoms with Gasteiger partial charge < -0.3 is 10.1 Å². The molecule has 1 amide bonds. The molecule has 0 atom stereocenters. The highest BCUT2D eigenvalue weighted by atomic mass is 35.5. The quantitative estimate of drug-likeness (QED) is 0.572. The summed E-state index contributed by atoms with van der Waals surface area (Å²) in [6, 6.07) is 21.6. The van der Waals surface area contributed by atoms with Gasteiger partial charge in [0.15, 0.2) is 0 Å². The lowest BCUT2D eigenvalue weighted by Gasteiger charge is -2.24. The van der Waals surface area contributed by atoms with E-state index in [1.54, 1.807) is 66.7 Å². The molecule has 0 aliphatic heterocycles.